The van der Waals surface area contributed by atoms with Crippen molar-refractivity contribution in [1.29, 1.82) is 0 Å². The van der Waals surface area contributed by atoms with Gasteiger partial charge in [0.15, 0.2) is 11.5 Å². The van der Waals surface area contributed by atoms with Crippen molar-refractivity contribution in [3.8, 4) is 17.2 Å². The lowest BCUT2D eigenvalue weighted by atomic mass is 10.00. The van der Waals surface area contributed by atoms with Gasteiger partial charge in [0.05, 0.1) is 27.9 Å². The first-order valence-electron chi connectivity index (χ1n) is 11.2. The number of nitrogens with one attached hydrogen (secondary N) is 1. The number of hydrogen-bond acceptors (Lipinski definition) is 6. The van der Waals surface area contributed by atoms with E-state index in [-0.39, 0.29) is 18.4 Å². The largest absolute Gasteiger partial charge is 0.497 e. The molecule has 1 unspecified atom stereocenters. The number of ether oxygens (including phenoxy) is 3. The standard InChI is InChI=1S/C27H32N2O5S/c1-27(2,3)28-25(30)24(18-9-12-20(32-4)13-10-18)29(17-21-8-7-15-35-21)26(31)19-11-14-22(33-5)23(16-19)34-6/h7-16,24H,17H2,1-6H3,(H,28,30). The van der Waals surface area contributed by atoms with Gasteiger partial charge in [-0.3, -0.25) is 9.59 Å². The predicted octanol–water partition coefficient (Wildman–Crippen LogP) is 5.07. The Kier molecular flexibility index (Phi) is 8.40. The van der Waals surface area contributed by atoms with Gasteiger partial charge in [-0.15, -0.1) is 11.3 Å². The number of nitrogens with zero attached hydrogens (tertiary/aromatic N) is 1. The fourth-order valence-electron chi connectivity index (χ4n) is 3.68. The second-order valence-corrected chi connectivity index (χ2v) is 10.0. The summed E-state index contributed by atoms with van der Waals surface area (Å²) in [5.74, 6) is 1.05. The van der Waals surface area contributed by atoms with Gasteiger partial charge in [0.2, 0.25) is 5.91 Å². The van der Waals surface area contributed by atoms with Crippen LogP contribution in [0.2, 0.25) is 0 Å². The van der Waals surface area contributed by atoms with Gasteiger partial charge >= 0.3 is 0 Å². The maximum Gasteiger partial charge on any atom is 0.255 e. The molecule has 0 bridgehead atoms. The Bertz CT molecular complexity index is 1140. The van der Waals surface area contributed by atoms with Crippen molar-refractivity contribution in [3.63, 3.8) is 0 Å². The molecule has 2 amide bonds. The van der Waals surface area contributed by atoms with Crippen molar-refractivity contribution in [2.75, 3.05) is 21.3 Å². The van der Waals surface area contributed by atoms with Crippen LogP contribution in [0.1, 0.15) is 47.6 Å². The monoisotopic (exact) mass is 496 g/mol. The van der Waals surface area contributed by atoms with E-state index in [1.54, 1.807) is 49.5 Å². The van der Waals surface area contributed by atoms with Crippen LogP contribution in [-0.4, -0.2) is 43.6 Å². The zero-order valence-corrected chi connectivity index (χ0v) is 21.8. The highest BCUT2D eigenvalue weighted by molar-refractivity contribution is 7.09. The van der Waals surface area contributed by atoms with E-state index in [0.717, 1.165) is 4.88 Å². The van der Waals surface area contributed by atoms with Gasteiger partial charge < -0.3 is 24.4 Å². The molecule has 3 aromatic rings. The van der Waals surface area contributed by atoms with Gasteiger partial charge in [-0.2, -0.15) is 0 Å². The molecule has 0 radical (unpaired) electrons. The quantitative estimate of drug-likeness (QED) is 0.447. The van der Waals surface area contributed by atoms with E-state index in [1.807, 2.05) is 50.4 Å². The summed E-state index contributed by atoms with van der Waals surface area (Å²) in [6.07, 6.45) is 0. The summed E-state index contributed by atoms with van der Waals surface area (Å²) in [6, 6.07) is 15.2. The highest BCUT2D eigenvalue weighted by Crippen LogP contribution is 2.32. The zero-order valence-electron chi connectivity index (χ0n) is 21.0. The van der Waals surface area contributed by atoms with Crippen LogP contribution in [0, 0.1) is 0 Å². The van der Waals surface area contributed by atoms with Crippen molar-refractivity contribution in [2.45, 2.75) is 38.9 Å². The summed E-state index contributed by atoms with van der Waals surface area (Å²) in [4.78, 5) is 30.2. The molecule has 7 nitrogen and oxygen atoms in total. The van der Waals surface area contributed by atoms with E-state index < -0.39 is 11.6 Å². The maximum atomic E-state index is 14.0. The molecule has 3 rings (SSSR count). The van der Waals surface area contributed by atoms with E-state index in [0.29, 0.717) is 28.4 Å². The number of hydrogen-bond donors (Lipinski definition) is 1. The molecular formula is C27H32N2O5S. The van der Waals surface area contributed by atoms with Crippen LogP contribution in [-0.2, 0) is 11.3 Å². The minimum Gasteiger partial charge on any atom is -0.497 e. The first-order chi connectivity index (χ1) is 16.7. The molecule has 1 atom stereocenters. The Balaban J connectivity index is 2.12. The number of benzene rings is 2. The van der Waals surface area contributed by atoms with E-state index in [9.17, 15) is 9.59 Å². The number of carbonyl (C=O) groups is 2. The van der Waals surface area contributed by atoms with Gasteiger partial charge in [-0.05, 0) is 68.1 Å². The molecule has 186 valence electrons. The molecule has 0 fully saturated rings. The van der Waals surface area contributed by atoms with Crippen LogP contribution >= 0.6 is 11.3 Å². The fourth-order valence-corrected chi connectivity index (χ4v) is 4.39. The predicted molar refractivity (Wildman–Crippen MR) is 137 cm³/mol. The molecule has 0 aliphatic heterocycles. The van der Waals surface area contributed by atoms with E-state index >= 15 is 0 Å². The first-order valence-corrected chi connectivity index (χ1v) is 12.1. The van der Waals surface area contributed by atoms with Crippen molar-refractivity contribution in [1.82, 2.24) is 10.2 Å². The Morgan fingerprint density at radius 1 is 0.943 bits per heavy atom. The van der Waals surface area contributed by atoms with Crippen LogP contribution < -0.4 is 19.5 Å². The van der Waals surface area contributed by atoms with Crippen molar-refractivity contribution in [2.24, 2.45) is 0 Å². The molecule has 0 aliphatic carbocycles. The van der Waals surface area contributed by atoms with Crippen molar-refractivity contribution < 1.29 is 23.8 Å². The number of rotatable bonds is 9. The topological polar surface area (TPSA) is 77.1 Å². The van der Waals surface area contributed by atoms with E-state index in [2.05, 4.69) is 5.32 Å². The lowest BCUT2D eigenvalue weighted by molar-refractivity contribution is -0.127. The second-order valence-electron chi connectivity index (χ2n) is 9.00. The summed E-state index contributed by atoms with van der Waals surface area (Å²) < 4.78 is 16.0. The third kappa shape index (κ3) is 6.54. The summed E-state index contributed by atoms with van der Waals surface area (Å²) >= 11 is 1.53. The minimum atomic E-state index is -0.872. The number of carbonyl (C=O) groups excluding carboxylic acids is 2. The molecule has 1 aromatic heterocycles. The number of thiophene rings is 1. The van der Waals surface area contributed by atoms with Crippen molar-refractivity contribution >= 4 is 23.2 Å². The average molecular weight is 497 g/mol. The Hall–Kier alpha value is -3.52. The SMILES string of the molecule is COc1ccc(C(C(=O)NC(C)(C)C)N(Cc2cccs2)C(=O)c2ccc(OC)c(OC)c2)cc1. The normalized spacial score (nSPS) is 11.9. The Morgan fingerprint density at radius 2 is 1.63 bits per heavy atom. The molecule has 8 heteroatoms. The summed E-state index contributed by atoms with van der Waals surface area (Å²) in [5, 5.41) is 5.00. The smallest absolute Gasteiger partial charge is 0.255 e. The molecule has 1 N–H and O–H groups in total. The van der Waals surface area contributed by atoms with Gasteiger partial charge in [0, 0.05) is 16.0 Å². The van der Waals surface area contributed by atoms with Gasteiger partial charge in [-0.1, -0.05) is 18.2 Å². The molecular weight excluding hydrogens is 464 g/mol. The van der Waals surface area contributed by atoms with E-state index in [4.69, 9.17) is 14.2 Å². The molecule has 0 saturated heterocycles. The van der Waals surface area contributed by atoms with Crippen LogP contribution in [0.25, 0.3) is 0 Å². The van der Waals surface area contributed by atoms with Crippen molar-refractivity contribution in [3.05, 3.63) is 76.0 Å². The van der Waals surface area contributed by atoms with E-state index in [1.165, 1.54) is 18.4 Å². The maximum absolute atomic E-state index is 14.0. The van der Waals surface area contributed by atoms with Crippen LogP contribution in [0.5, 0.6) is 17.2 Å². The zero-order chi connectivity index (χ0) is 25.6. The van der Waals surface area contributed by atoms with Gasteiger partial charge in [-0.25, -0.2) is 0 Å². The summed E-state index contributed by atoms with van der Waals surface area (Å²) in [6.45, 7) is 6.00. The number of methoxy groups -OCH3 is 3. The number of amides is 2. The van der Waals surface area contributed by atoms with Crippen LogP contribution in [0.3, 0.4) is 0 Å². The van der Waals surface area contributed by atoms with Gasteiger partial charge in [0.1, 0.15) is 11.8 Å². The molecule has 1 heterocycles. The second kappa shape index (κ2) is 11.3. The Morgan fingerprint density at radius 3 is 2.17 bits per heavy atom. The third-order valence-electron chi connectivity index (χ3n) is 5.29. The molecule has 0 aliphatic rings. The third-order valence-corrected chi connectivity index (χ3v) is 6.15. The summed E-state index contributed by atoms with van der Waals surface area (Å²) in [5.41, 5.74) is 0.585. The minimum absolute atomic E-state index is 0.263. The lowest BCUT2D eigenvalue weighted by Crippen LogP contribution is -2.49. The van der Waals surface area contributed by atoms with Crippen LogP contribution in [0.4, 0.5) is 0 Å². The molecule has 2 aromatic carbocycles. The summed E-state index contributed by atoms with van der Waals surface area (Å²) in [7, 11) is 4.65. The molecule has 35 heavy (non-hydrogen) atoms. The Labute approximate surface area is 210 Å². The highest BCUT2D eigenvalue weighted by atomic mass is 32.1. The fraction of sp³-hybridized carbons (Fsp3) is 0.333. The van der Waals surface area contributed by atoms with Gasteiger partial charge in [0.25, 0.3) is 5.91 Å². The average Bonchev–Trinajstić information content (AvgIpc) is 3.35. The lowest BCUT2D eigenvalue weighted by Gasteiger charge is -2.33. The molecule has 0 spiro atoms. The highest BCUT2D eigenvalue weighted by Gasteiger charge is 2.34. The van der Waals surface area contributed by atoms with Crippen LogP contribution in [0.15, 0.2) is 60.0 Å². The first kappa shape index (κ1) is 26.1. The molecule has 0 saturated carbocycles.